The van der Waals surface area contributed by atoms with E-state index in [-0.39, 0.29) is 0 Å². The molecule has 2 aromatic carbocycles. The van der Waals surface area contributed by atoms with Crippen molar-refractivity contribution in [3.63, 3.8) is 0 Å². The summed E-state index contributed by atoms with van der Waals surface area (Å²) in [5, 5.41) is 0. The molecule has 0 fully saturated rings. The van der Waals surface area contributed by atoms with Crippen molar-refractivity contribution >= 4 is 0 Å². The van der Waals surface area contributed by atoms with Gasteiger partial charge in [0, 0.05) is 0 Å². The third kappa shape index (κ3) is 9.79. The van der Waals surface area contributed by atoms with Gasteiger partial charge in [-0.1, -0.05) is 50.2 Å². The van der Waals surface area contributed by atoms with Gasteiger partial charge in [0.2, 0.25) is 0 Å². The third-order valence-corrected chi connectivity index (χ3v) is 3.08. The van der Waals surface area contributed by atoms with Gasteiger partial charge < -0.3 is 0 Å². The van der Waals surface area contributed by atoms with Crippen molar-refractivity contribution in [3.8, 4) is 0 Å². The first-order valence-corrected chi connectivity index (χ1v) is 7.74. The van der Waals surface area contributed by atoms with E-state index in [9.17, 15) is 26.3 Å². The van der Waals surface area contributed by atoms with Crippen LogP contribution in [-0.4, -0.2) is 6.18 Å². The van der Waals surface area contributed by atoms with Crippen molar-refractivity contribution in [2.24, 2.45) is 0 Å². The lowest BCUT2D eigenvalue weighted by atomic mass is 10.1. The fourth-order valence-corrected chi connectivity index (χ4v) is 1.75. The Morgan fingerprint density at radius 1 is 0.720 bits per heavy atom. The van der Waals surface area contributed by atoms with Gasteiger partial charge in [0.05, 0.1) is 12.0 Å². The van der Waals surface area contributed by atoms with Crippen molar-refractivity contribution in [1.82, 2.24) is 0 Å². The van der Waals surface area contributed by atoms with Gasteiger partial charge in [-0.15, -0.1) is 0 Å². The van der Waals surface area contributed by atoms with Gasteiger partial charge in [-0.05, 0) is 42.7 Å². The number of hydrogen-bond donors (Lipinski definition) is 0. The number of halogens is 6. The van der Waals surface area contributed by atoms with Crippen LogP contribution in [0.1, 0.15) is 36.1 Å². The predicted octanol–water partition coefficient (Wildman–Crippen LogP) is 7.14. The highest BCUT2D eigenvalue weighted by Gasteiger charge is 2.30. The molecule has 2 rings (SSSR count). The van der Waals surface area contributed by atoms with Gasteiger partial charge >= 0.3 is 12.4 Å². The van der Waals surface area contributed by atoms with Crippen LogP contribution in [0.25, 0.3) is 0 Å². The molecule has 0 heterocycles. The number of rotatable bonds is 1. The quantitative estimate of drug-likeness (QED) is 0.472. The maximum Gasteiger partial charge on any atom is 0.416 e. The zero-order valence-electron chi connectivity index (χ0n) is 14.6. The molecule has 0 unspecified atom stereocenters. The van der Waals surface area contributed by atoms with Crippen LogP contribution >= 0.6 is 0 Å². The molecule has 0 nitrogen and oxygen atoms in total. The van der Waals surface area contributed by atoms with Gasteiger partial charge in [-0.2, -0.15) is 26.3 Å². The van der Waals surface area contributed by atoms with E-state index >= 15 is 0 Å². The maximum atomic E-state index is 12.1. The normalized spacial score (nSPS) is 11.0. The molecule has 0 spiro atoms. The number of aryl methyl sites for hydroxylation is 2. The van der Waals surface area contributed by atoms with Crippen molar-refractivity contribution < 1.29 is 26.3 Å². The zero-order valence-corrected chi connectivity index (χ0v) is 14.6. The smallest absolute Gasteiger partial charge is 0.171 e. The molecule has 2 aromatic rings. The first-order chi connectivity index (χ1) is 11.5. The molecule has 0 saturated carbocycles. The fraction of sp³-hybridized carbons (Fsp3) is 0.368. The van der Waals surface area contributed by atoms with E-state index in [1.807, 2.05) is 13.8 Å². The van der Waals surface area contributed by atoms with Crippen LogP contribution < -0.4 is 0 Å². The maximum absolute atomic E-state index is 12.1. The van der Waals surface area contributed by atoms with Crippen LogP contribution in [0.2, 0.25) is 0 Å². The molecule has 0 aromatic heterocycles. The highest BCUT2D eigenvalue weighted by molar-refractivity contribution is 5.31. The molecule has 0 N–H and O–H groups in total. The fourth-order valence-electron chi connectivity index (χ4n) is 1.75. The Bertz CT molecular complexity index is 612. The molecule has 0 saturated heterocycles. The Kier molecular flexibility index (Phi) is 9.31. The average molecular weight is 364 g/mol. The second-order valence-corrected chi connectivity index (χ2v) is 5.07. The average Bonchev–Trinajstić information content (AvgIpc) is 2.51. The summed E-state index contributed by atoms with van der Waals surface area (Å²) in [7, 11) is 0. The lowest BCUT2D eigenvalue weighted by Crippen LogP contribution is -2.11. The Hall–Kier alpha value is -1.98. The zero-order chi connectivity index (χ0) is 19.7. The molecule has 140 valence electrons. The topological polar surface area (TPSA) is 0 Å². The lowest BCUT2D eigenvalue weighted by molar-refractivity contribution is -0.137. The molecular weight excluding hydrogens is 342 g/mol. The Morgan fingerprint density at radius 2 is 1.24 bits per heavy atom. The molecule has 0 aliphatic rings. The molecule has 0 aliphatic heterocycles. The molecule has 25 heavy (non-hydrogen) atoms. The molecule has 6 heteroatoms. The second kappa shape index (κ2) is 10.1. The minimum Gasteiger partial charge on any atom is -0.171 e. The molecule has 0 amide bonds. The minimum atomic E-state index is -4.22. The van der Waals surface area contributed by atoms with E-state index in [4.69, 9.17) is 0 Å². The van der Waals surface area contributed by atoms with Crippen LogP contribution in [0.15, 0.2) is 48.5 Å². The summed E-state index contributed by atoms with van der Waals surface area (Å²) in [4.78, 5) is 0. The number of hydrogen-bond acceptors (Lipinski definition) is 0. The minimum absolute atomic E-state index is 0.306. The van der Waals surface area contributed by atoms with E-state index in [1.54, 1.807) is 32.0 Å². The van der Waals surface area contributed by atoms with E-state index in [0.29, 0.717) is 11.1 Å². The highest BCUT2D eigenvalue weighted by Crippen LogP contribution is 2.30. The van der Waals surface area contributed by atoms with Gasteiger partial charge in [-0.25, -0.2) is 0 Å². The Morgan fingerprint density at radius 3 is 1.64 bits per heavy atom. The Balaban J connectivity index is 0.000000421. The second-order valence-electron chi connectivity index (χ2n) is 5.07. The van der Waals surface area contributed by atoms with Gasteiger partial charge in [0.25, 0.3) is 0 Å². The van der Waals surface area contributed by atoms with Crippen molar-refractivity contribution in [3.05, 3.63) is 70.8 Å². The standard InChI is InChI=1S/C9H9F3.C8H7F3.C2H6/c1-6-3-4-8(5-7(6)2)9(10,11)12;9-8(10,11)6-7-4-2-1-3-5-7;1-2/h3-5H,1-2H3;1-5H,6H2;1-2H3. The number of benzene rings is 2. The largest absolute Gasteiger partial charge is 0.416 e. The summed E-state index contributed by atoms with van der Waals surface area (Å²) in [6, 6.07) is 11.6. The van der Waals surface area contributed by atoms with Gasteiger partial charge in [0.15, 0.2) is 0 Å². The molecule has 0 atom stereocenters. The SMILES string of the molecule is CC.Cc1ccc(C(F)(F)F)cc1C.FC(F)(F)Cc1ccccc1. The summed E-state index contributed by atoms with van der Waals surface area (Å²) < 4.78 is 71.5. The van der Waals surface area contributed by atoms with Crippen molar-refractivity contribution in [1.29, 1.82) is 0 Å². The first-order valence-electron chi connectivity index (χ1n) is 7.74. The monoisotopic (exact) mass is 364 g/mol. The van der Waals surface area contributed by atoms with Crippen molar-refractivity contribution in [2.75, 3.05) is 0 Å². The third-order valence-electron chi connectivity index (χ3n) is 3.08. The first kappa shape index (κ1) is 23.0. The van der Waals surface area contributed by atoms with E-state index in [1.165, 1.54) is 18.2 Å². The summed E-state index contributed by atoms with van der Waals surface area (Å²) in [5.74, 6) is 0. The summed E-state index contributed by atoms with van der Waals surface area (Å²) >= 11 is 0. The van der Waals surface area contributed by atoms with E-state index in [0.717, 1.165) is 17.7 Å². The summed E-state index contributed by atoms with van der Waals surface area (Å²) in [6.45, 7) is 7.46. The lowest BCUT2D eigenvalue weighted by Gasteiger charge is -2.08. The number of alkyl halides is 6. The van der Waals surface area contributed by atoms with Crippen LogP contribution in [0.4, 0.5) is 26.3 Å². The van der Waals surface area contributed by atoms with Crippen LogP contribution in [-0.2, 0) is 12.6 Å². The summed E-state index contributed by atoms with van der Waals surface area (Å²) in [6.07, 6.45) is -9.16. The van der Waals surface area contributed by atoms with E-state index in [2.05, 4.69) is 0 Å². The Labute approximate surface area is 144 Å². The van der Waals surface area contributed by atoms with Crippen LogP contribution in [0.3, 0.4) is 0 Å². The summed E-state index contributed by atoms with van der Waals surface area (Å²) in [5.41, 5.74) is 1.28. The van der Waals surface area contributed by atoms with Crippen molar-refractivity contribution in [2.45, 2.75) is 46.5 Å². The van der Waals surface area contributed by atoms with E-state index < -0.39 is 24.3 Å². The van der Waals surface area contributed by atoms with Crippen LogP contribution in [0, 0.1) is 13.8 Å². The van der Waals surface area contributed by atoms with Gasteiger partial charge in [-0.3, -0.25) is 0 Å². The molecular formula is C19H22F6. The molecule has 0 radical (unpaired) electrons. The van der Waals surface area contributed by atoms with Crippen LogP contribution in [0.5, 0.6) is 0 Å². The van der Waals surface area contributed by atoms with Gasteiger partial charge in [0.1, 0.15) is 0 Å². The molecule has 0 bridgehead atoms. The molecule has 0 aliphatic carbocycles. The highest BCUT2D eigenvalue weighted by atomic mass is 19.4. The predicted molar refractivity (Wildman–Crippen MR) is 88.5 cm³/mol.